The molecule has 0 aliphatic rings. The van der Waals surface area contributed by atoms with Gasteiger partial charge in [-0.25, -0.2) is 4.98 Å². The van der Waals surface area contributed by atoms with Gasteiger partial charge >= 0.3 is 7.12 Å². The summed E-state index contributed by atoms with van der Waals surface area (Å²) >= 11 is 0. The van der Waals surface area contributed by atoms with E-state index in [0.29, 0.717) is 17.6 Å². The van der Waals surface area contributed by atoms with Crippen molar-refractivity contribution in [2.45, 2.75) is 19.9 Å². The number of nitrogens with zero attached hydrogens (tertiary/aromatic N) is 2. The molecular weight excluding hydrogens is 305 g/mol. The summed E-state index contributed by atoms with van der Waals surface area (Å²) in [6.07, 6.45) is 0.758. The number of hydrogen-bond acceptors (Lipinski definition) is 4. The van der Waals surface area contributed by atoms with Crippen LogP contribution in [0.15, 0.2) is 42.5 Å². The van der Waals surface area contributed by atoms with Crippen LogP contribution in [-0.2, 0) is 13.0 Å². The average Bonchev–Trinajstić information content (AvgIpc) is 2.92. The van der Waals surface area contributed by atoms with Gasteiger partial charge in [0, 0.05) is 18.5 Å². The number of hydrogen-bond donors (Lipinski definition) is 3. The fourth-order valence-corrected chi connectivity index (χ4v) is 2.76. The van der Waals surface area contributed by atoms with Crippen LogP contribution < -0.4 is 11.2 Å². The number of carbonyl (C=O) groups excluding carboxylic acids is 1. The molecule has 2 aromatic carbocycles. The molecule has 0 atom stereocenters. The Hall–Kier alpha value is -2.64. The van der Waals surface area contributed by atoms with Crippen LogP contribution in [0.4, 0.5) is 0 Å². The van der Waals surface area contributed by atoms with Crippen LogP contribution in [0.2, 0.25) is 0 Å². The van der Waals surface area contributed by atoms with Crippen molar-refractivity contribution in [2.75, 3.05) is 0 Å². The molecular formula is C17H18BN3O3. The Morgan fingerprint density at radius 3 is 2.50 bits per heavy atom. The second kappa shape index (κ2) is 6.47. The highest BCUT2D eigenvalue weighted by Gasteiger charge is 2.13. The maximum atomic E-state index is 11.3. The molecule has 0 bridgehead atoms. The molecule has 0 aliphatic carbocycles. The van der Waals surface area contributed by atoms with Gasteiger partial charge in [-0.15, -0.1) is 0 Å². The molecule has 0 fully saturated rings. The smallest absolute Gasteiger partial charge is 0.423 e. The van der Waals surface area contributed by atoms with E-state index in [0.717, 1.165) is 28.8 Å². The molecule has 0 unspecified atom stereocenters. The molecule has 0 saturated heterocycles. The Balaban J connectivity index is 2.00. The molecule has 0 saturated carbocycles. The van der Waals surface area contributed by atoms with Crippen molar-refractivity contribution in [1.82, 2.24) is 9.55 Å². The molecule has 0 aliphatic heterocycles. The van der Waals surface area contributed by atoms with E-state index in [9.17, 15) is 4.79 Å². The van der Waals surface area contributed by atoms with Crippen molar-refractivity contribution in [2.24, 2.45) is 5.73 Å². The number of rotatable bonds is 5. The third kappa shape index (κ3) is 3.04. The number of fused-ring (bicyclic) bond motifs is 1. The lowest BCUT2D eigenvalue weighted by Crippen LogP contribution is -2.29. The fourth-order valence-electron chi connectivity index (χ4n) is 2.76. The summed E-state index contributed by atoms with van der Waals surface area (Å²) < 4.78 is 2.09. The Labute approximate surface area is 139 Å². The Morgan fingerprint density at radius 2 is 1.92 bits per heavy atom. The van der Waals surface area contributed by atoms with E-state index >= 15 is 0 Å². The summed E-state index contributed by atoms with van der Waals surface area (Å²) in [5.41, 5.74) is 8.92. The lowest BCUT2D eigenvalue weighted by Gasteiger charge is -2.09. The molecule has 1 amide bonds. The number of benzene rings is 2. The molecule has 0 radical (unpaired) electrons. The number of amides is 1. The SMILES string of the molecule is CCc1nc2cc(C(N)=O)ccc2n1Cc1ccc(B(O)O)cc1. The highest BCUT2D eigenvalue weighted by molar-refractivity contribution is 6.58. The number of aryl methyl sites for hydroxylation is 1. The van der Waals surface area contributed by atoms with Crippen molar-refractivity contribution in [3.63, 3.8) is 0 Å². The van der Waals surface area contributed by atoms with Gasteiger partial charge in [-0.2, -0.15) is 0 Å². The summed E-state index contributed by atoms with van der Waals surface area (Å²) in [7, 11) is -1.47. The maximum Gasteiger partial charge on any atom is 0.488 e. The van der Waals surface area contributed by atoms with Gasteiger partial charge in [0.05, 0.1) is 11.0 Å². The molecule has 3 aromatic rings. The van der Waals surface area contributed by atoms with Crippen LogP contribution in [0.25, 0.3) is 11.0 Å². The normalized spacial score (nSPS) is 11.0. The van der Waals surface area contributed by atoms with Gasteiger partial charge in [0.2, 0.25) is 5.91 Å². The molecule has 0 spiro atoms. The van der Waals surface area contributed by atoms with Crippen LogP contribution in [0.3, 0.4) is 0 Å². The van der Waals surface area contributed by atoms with Crippen LogP contribution in [0, 0.1) is 0 Å². The van der Waals surface area contributed by atoms with Crippen molar-refractivity contribution >= 4 is 29.5 Å². The standard InChI is InChI=1S/C17H18BN3O3/c1-2-16-20-14-9-12(17(19)22)5-8-15(14)21(16)10-11-3-6-13(7-4-11)18(23)24/h3-9,23-24H,2,10H2,1H3,(H2,19,22). The van der Waals surface area contributed by atoms with Gasteiger partial charge < -0.3 is 20.3 Å². The monoisotopic (exact) mass is 323 g/mol. The Kier molecular flexibility index (Phi) is 4.37. The zero-order valence-corrected chi connectivity index (χ0v) is 13.3. The summed E-state index contributed by atoms with van der Waals surface area (Å²) in [6.45, 7) is 2.63. The van der Waals surface area contributed by atoms with Gasteiger partial charge in [0.25, 0.3) is 0 Å². The highest BCUT2D eigenvalue weighted by atomic mass is 16.4. The van der Waals surface area contributed by atoms with Gasteiger partial charge in [-0.3, -0.25) is 4.79 Å². The first kappa shape index (κ1) is 16.2. The van der Waals surface area contributed by atoms with E-state index in [2.05, 4.69) is 9.55 Å². The minimum atomic E-state index is -1.47. The van der Waals surface area contributed by atoms with Crippen molar-refractivity contribution in [3.05, 3.63) is 59.4 Å². The summed E-state index contributed by atoms with van der Waals surface area (Å²) in [5, 5.41) is 18.3. The van der Waals surface area contributed by atoms with Crippen LogP contribution in [-0.4, -0.2) is 32.6 Å². The third-order valence-corrected chi connectivity index (χ3v) is 4.05. The second-order valence-electron chi connectivity index (χ2n) is 5.65. The topological polar surface area (TPSA) is 101 Å². The number of carbonyl (C=O) groups is 1. The van der Waals surface area contributed by atoms with Crippen LogP contribution in [0.1, 0.15) is 28.7 Å². The van der Waals surface area contributed by atoms with E-state index in [1.807, 2.05) is 25.1 Å². The quantitative estimate of drug-likeness (QED) is 0.593. The predicted octanol–water partition coefficient (Wildman–Crippen LogP) is 0.426. The maximum absolute atomic E-state index is 11.3. The zero-order chi connectivity index (χ0) is 17.3. The molecule has 3 rings (SSSR count). The molecule has 7 heteroatoms. The molecule has 6 nitrogen and oxygen atoms in total. The van der Waals surface area contributed by atoms with Crippen molar-refractivity contribution < 1.29 is 14.8 Å². The average molecular weight is 323 g/mol. The molecule has 24 heavy (non-hydrogen) atoms. The minimum Gasteiger partial charge on any atom is -0.423 e. The van der Waals surface area contributed by atoms with E-state index in [1.165, 1.54) is 0 Å². The number of imidazole rings is 1. The van der Waals surface area contributed by atoms with Gasteiger partial charge in [-0.05, 0) is 29.2 Å². The fraction of sp³-hybridized carbons (Fsp3) is 0.176. The lowest BCUT2D eigenvalue weighted by atomic mass is 9.80. The van der Waals surface area contributed by atoms with E-state index in [-0.39, 0.29) is 0 Å². The van der Waals surface area contributed by atoms with Crippen molar-refractivity contribution in [1.29, 1.82) is 0 Å². The molecule has 122 valence electrons. The Bertz CT molecular complexity index is 888. The van der Waals surface area contributed by atoms with Crippen molar-refractivity contribution in [3.8, 4) is 0 Å². The van der Waals surface area contributed by atoms with Gasteiger partial charge in [0.1, 0.15) is 5.82 Å². The third-order valence-electron chi connectivity index (χ3n) is 4.05. The first-order valence-electron chi connectivity index (χ1n) is 7.73. The second-order valence-corrected chi connectivity index (χ2v) is 5.65. The van der Waals surface area contributed by atoms with Crippen LogP contribution in [0.5, 0.6) is 0 Å². The largest absolute Gasteiger partial charge is 0.488 e. The molecule has 1 aromatic heterocycles. The summed E-state index contributed by atoms with van der Waals surface area (Å²) in [4.78, 5) is 15.9. The Morgan fingerprint density at radius 1 is 1.21 bits per heavy atom. The van der Waals surface area contributed by atoms with E-state index in [1.54, 1.807) is 24.3 Å². The lowest BCUT2D eigenvalue weighted by molar-refractivity contribution is 0.100. The minimum absolute atomic E-state index is 0.441. The number of aromatic nitrogens is 2. The predicted molar refractivity (Wildman–Crippen MR) is 93.0 cm³/mol. The first-order valence-corrected chi connectivity index (χ1v) is 7.73. The number of nitrogens with two attached hydrogens (primary N) is 1. The van der Waals surface area contributed by atoms with Crippen LogP contribution >= 0.6 is 0 Å². The van der Waals surface area contributed by atoms with E-state index in [4.69, 9.17) is 15.8 Å². The zero-order valence-electron chi connectivity index (χ0n) is 13.3. The molecule has 4 N–H and O–H groups in total. The van der Waals surface area contributed by atoms with Gasteiger partial charge in [-0.1, -0.05) is 31.2 Å². The molecule has 1 heterocycles. The van der Waals surface area contributed by atoms with E-state index < -0.39 is 13.0 Å². The summed E-state index contributed by atoms with van der Waals surface area (Å²) in [6, 6.07) is 12.4. The van der Waals surface area contributed by atoms with Gasteiger partial charge in [0.15, 0.2) is 0 Å². The summed E-state index contributed by atoms with van der Waals surface area (Å²) in [5.74, 6) is 0.445. The highest BCUT2D eigenvalue weighted by Crippen LogP contribution is 2.20. The first-order chi connectivity index (χ1) is 11.5. The number of primary amides is 1.